The van der Waals surface area contributed by atoms with E-state index >= 15 is 0 Å². The Hall–Kier alpha value is -2.82. The van der Waals surface area contributed by atoms with Crippen LogP contribution < -0.4 is 15.1 Å². The Morgan fingerprint density at radius 2 is 1.64 bits per heavy atom. The third-order valence-electron chi connectivity index (χ3n) is 5.89. The van der Waals surface area contributed by atoms with Crippen LogP contribution in [0.1, 0.15) is 32.3 Å². The molecule has 0 spiro atoms. The van der Waals surface area contributed by atoms with E-state index in [1.165, 1.54) is 18.5 Å². The van der Waals surface area contributed by atoms with E-state index in [0.29, 0.717) is 5.69 Å². The number of carbonyl (C=O) groups is 2. The van der Waals surface area contributed by atoms with E-state index in [-0.39, 0.29) is 6.04 Å². The zero-order valence-electron chi connectivity index (χ0n) is 16.5. The number of fused-ring (bicyclic) bond motifs is 1. The molecule has 1 N–H and O–H groups in total. The molecule has 0 aromatic heterocycles. The van der Waals surface area contributed by atoms with Gasteiger partial charge in [0.2, 0.25) is 0 Å². The number of amides is 2. The first-order chi connectivity index (χ1) is 13.5. The summed E-state index contributed by atoms with van der Waals surface area (Å²) in [5.41, 5.74) is 3.76. The van der Waals surface area contributed by atoms with E-state index in [4.69, 9.17) is 0 Å². The van der Waals surface area contributed by atoms with Crippen molar-refractivity contribution in [2.75, 3.05) is 28.2 Å². The predicted octanol–water partition coefficient (Wildman–Crippen LogP) is 3.84. The van der Waals surface area contributed by atoms with Crippen LogP contribution in [-0.2, 0) is 16.0 Å². The number of nitrogens with one attached hydrogen (secondary N) is 1. The summed E-state index contributed by atoms with van der Waals surface area (Å²) in [7, 11) is 0. The normalized spacial score (nSPS) is 19.4. The monoisotopic (exact) mass is 377 g/mol. The smallest absolute Gasteiger partial charge is 0.316 e. The molecule has 0 saturated carbocycles. The van der Waals surface area contributed by atoms with Crippen LogP contribution in [0, 0.1) is 5.92 Å². The number of anilines is 3. The van der Waals surface area contributed by atoms with Gasteiger partial charge in [0.25, 0.3) is 0 Å². The SMILES string of the molecule is CC1CCN(c2ccc(NC(=O)C(=O)N3c4ccccc4CC3C)cc2)CC1. The van der Waals surface area contributed by atoms with Crippen molar-refractivity contribution >= 4 is 28.9 Å². The summed E-state index contributed by atoms with van der Waals surface area (Å²) in [6.45, 7) is 6.40. The molecule has 1 unspecified atom stereocenters. The summed E-state index contributed by atoms with van der Waals surface area (Å²) < 4.78 is 0. The number of piperidine rings is 1. The molecule has 0 aliphatic carbocycles. The van der Waals surface area contributed by atoms with Crippen molar-refractivity contribution in [1.82, 2.24) is 0 Å². The first kappa shape index (κ1) is 18.5. The number of rotatable bonds is 2. The number of para-hydroxylation sites is 1. The lowest BCUT2D eigenvalue weighted by atomic mass is 9.99. The maximum atomic E-state index is 12.8. The number of nitrogens with zero attached hydrogens (tertiary/aromatic N) is 2. The summed E-state index contributed by atoms with van der Waals surface area (Å²) in [6.07, 6.45) is 3.20. The Balaban J connectivity index is 1.42. The highest BCUT2D eigenvalue weighted by molar-refractivity contribution is 6.44. The van der Waals surface area contributed by atoms with E-state index < -0.39 is 11.8 Å². The van der Waals surface area contributed by atoms with Crippen molar-refractivity contribution in [2.45, 2.75) is 39.2 Å². The average molecular weight is 377 g/mol. The lowest BCUT2D eigenvalue weighted by Crippen LogP contribution is -2.43. The predicted molar refractivity (Wildman–Crippen MR) is 113 cm³/mol. The van der Waals surface area contributed by atoms with Crippen molar-refractivity contribution in [3.63, 3.8) is 0 Å². The van der Waals surface area contributed by atoms with Crippen molar-refractivity contribution < 1.29 is 9.59 Å². The fourth-order valence-electron chi connectivity index (χ4n) is 4.19. The Morgan fingerprint density at radius 1 is 0.964 bits per heavy atom. The van der Waals surface area contributed by atoms with Gasteiger partial charge >= 0.3 is 11.8 Å². The average Bonchev–Trinajstić information content (AvgIpc) is 3.04. The molecule has 4 rings (SSSR count). The van der Waals surface area contributed by atoms with Crippen LogP contribution in [0.3, 0.4) is 0 Å². The number of carbonyl (C=O) groups excluding carboxylic acids is 2. The first-order valence-electron chi connectivity index (χ1n) is 10.1. The second kappa shape index (κ2) is 7.66. The maximum Gasteiger partial charge on any atom is 0.316 e. The van der Waals surface area contributed by atoms with E-state index in [1.54, 1.807) is 4.90 Å². The molecule has 0 radical (unpaired) electrons. The van der Waals surface area contributed by atoms with E-state index in [9.17, 15) is 9.59 Å². The Bertz CT molecular complexity index is 870. The third kappa shape index (κ3) is 3.61. The van der Waals surface area contributed by atoms with Crippen LogP contribution in [0.15, 0.2) is 48.5 Å². The molecule has 2 amide bonds. The van der Waals surface area contributed by atoms with Crippen LogP contribution in [-0.4, -0.2) is 30.9 Å². The Kier molecular flexibility index (Phi) is 5.07. The zero-order valence-corrected chi connectivity index (χ0v) is 16.5. The topological polar surface area (TPSA) is 52.7 Å². The highest BCUT2D eigenvalue weighted by Crippen LogP contribution is 2.32. The molecule has 2 aromatic rings. The summed E-state index contributed by atoms with van der Waals surface area (Å²) in [5, 5.41) is 2.76. The largest absolute Gasteiger partial charge is 0.372 e. The molecule has 2 heterocycles. The van der Waals surface area contributed by atoms with E-state index in [1.807, 2.05) is 55.5 Å². The lowest BCUT2D eigenvalue weighted by Gasteiger charge is -2.32. The van der Waals surface area contributed by atoms with Crippen LogP contribution in [0.5, 0.6) is 0 Å². The molecule has 1 saturated heterocycles. The van der Waals surface area contributed by atoms with E-state index in [0.717, 1.165) is 36.7 Å². The summed E-state index contributed by atoms with van der Waals surface area (Å²) in [6, 6.07) is 15.5. The van der Waals surface area contributed by atoms with Gasteiger partial charge in [-0.2, -0.15) is 0 Å². The molecule has 0 bridgehead atoms. The van der Waals surface area contributed by atoms with Crippen molar-refractivity contribution in [3.8, 4) is 0 Å². The highest BCUT2D eigenvalue weighted by atomic mass is 16.2. The van der Waals surface area contributed by atoms with E-state index in [2.05, 4.69) is 17.1 Å². The number of hydrogen-bond donors (Lipinski definition) is 1. The maximum absolute atomic E-state index is 12.8. The van der Waals surface area contributed by atoms with Gasteiger partial charge in [0, 0.05) is 36.2 Å². The molecule has 2 aliphatic heterocycles. The van der Waals surface area contributed by atoms with Gasteiger partial charge in [0.15, 0.2) is 0 Å². The Morgan fingerprint density at radius 3 is 2.36 bits per heavy atom. The van der Waals surface area contributed by atoms with Gasteiger partial charge in [-0.15, -0.1) is 0 Å². The molecular weight excluding hydrogens is 350 g/mol. The molecule has 5 heteroatoms. The van der Waals surface area contributed by atoms with Gasteiger partial charge in [0.05, 0.1) is 0 Å². The summed E-state index contributed by atoms with van der Waals surface area (Å²) in [4.78, 5) is 29.3. The number of benzene rings is 2. The fourth-order valence-corrected chi connectivity index (χ4v) is 4.19. The van der Waals surface area contributed by atoms with Crippen molar-refractivity contribution in [1.29, 1.82) is 0 Å². The molecule has 28 heavy (non-hydrogen) atoms. The standard InChI is InChI=1S/C23H27N3O2/c1-16-11-13-25(14-12-16)20-9-7-19(8-10-20)24-22(27)23(28)26-17(2)15-18-5-3-4-6-21(18)26/h3-10,16-17H,11-15H2,1-2H3,(H,24,27). The van der Waals surface area contributed by atoms with Crippen LogP contribution in [0.25, 0.3) is 0 Å². The molecule has 1 atom stereocenters. The second-order valence-electron chi connectivity index (χ2n) is 8.03. The summed E-state index contributed by atoms with van der Waals surface area (Å²) >= 11 is 0. The molecule has 2 aromatic carbocycles. The minimum absolute atomic E-state index is 0.0143. The van der Waals surface area contributed by atoms with Crippen LogP contribution in [0.2, 0.25) is 0 Å². The minimum Gasteiger partial charge on any atom is -0.372 e. The Labute approximate surface area is 166 Å². The van der Waals surface area contributed by atoms with Gasteiger partial charge < -0.3 is 15.1 Å². The van der Waals surface area contributed by atoms with Crippen LogP contribution >= 0.6 is 0 Å². The first-order valence-corrected chi connectivity index (χ1v) is 10.1. The fraction of sp³-hybridized carbons (Fsp3) is 0.391. The van der Waals surface area contributed by atoms with Gasteiger partial charge in [-0.25, -0.2) is 0 Å². The number of hydrogen-bond acceptors (Lipinski definition) is 3. The third-order valence-corrected chi connectivity index (χ3v) is 5.89. The molecule has 1 fully saturated rings. The van der Waals surface area contributed by atoms with Gasteiger partial charge in [-0.1, -0.05) is 25.1 Å². The van der Waals surface area contributed by atoms with Gasteiger partial charge in [0.1, 0.15) is 0 Å². The van der Waals surface area contributed by atoms with Crippen molar-refractivity contribution in [3.05, 3.63) is 54.1 Å². The van der Waals surface area contributed by atoms with Crippen LogP contribution in [0.4, 0.5) is 17.1 Å². The van der Waals surface area contributed by atoms with Gasteiger partial charge in [-0.3, -0.25) is 9.59 Å². The quantitative estimate of drug-likeness (QED) is 0.809. The van der Waals surface area contributed by atoms with Crippen molar-refractivity contribution in [2.24, 2.45) is 5.92 Å². The second-order valence-corrected chi connectivity index (χ2v) is 8.03. The van der Waals surface area contributed by atoms with Gasteiger partial charge in [-0.05, 0) is 68.0 Å². The summed E-state index contributed by atoms with van der Waals surface area (Å²) in [5.74, 6) is -0.312. The lowest BCUT2D eigenvalue weighted by molar-refractivity contribution is -0.134. The zero-order chi connectivity index (χ0) is 19.7. The molecule has 146 valence electrons. The molecule has 5 nitrogen and oxygen atoms in total. The molecular formula is C23H27N3O2. The minimum atomic E-state index is -0.594. The highest BCUT2D eigenvalue weighted by Gasteiger charge is 2.34. The molecule has 2 aliphatic rings.